The molecule has 2 aromatic rings. The van der Waals surface area contributed by atoms with Gasteiger partial charge in [0, 0.05) is 18.2 Å². The van der Waals surface area contributed by atoms with Gasteiger partial charge in [0.15, 0.2) is 10.5 Å². The minimum absolute atomic E-state index is 0.105. The number of aliphatic carboxylic acids is 1. The van der Waals surface area contributed by atoms with Crippen LogP contribution in [-0.4, -0.2) is 76.9 Å². The normalized spacial score (nSPS) is 23.9. The van der Waals surface area contributed by atoms with Crippen LogP contribution in [0.4, 0.5) is 5.13 Å². The third kappa shape index (κ3) is 4.31. The van der Waals surface area contributed by atoms with E-state index < -0.39 is 39.7 Å². The molecule has 3 atom stereocenters. The number of hydrogen-bond donors (Lipinski definition) is 3. The maximum Gasteiger partial charge on any atom is 0.352 e. The topological polar surface area (TPSA) is 178 Å². The van der Waals surface area contributed by atoms with Gasteiger partial charge in [-0.15, -0.1) is 28.2 Å². The van der Waals surface area contributed by atoms with Crippen LogP contribution in [0.15, 0.2) is 33.8 Å². The number of β-lactam (4-membered cyclic amide) rings is 1. The Balaban J connectivity index is 1.56. The van der Waals surface area contributed by atoms with Crippen LogP contribution < -0.4 is 11.1 Å². The summed E-state index contributed by atoms with van der Waals surface area (Å²) in [6, 6.07) is 3.51. The first-order chi connectivity index (χ1) is 16.2. The lowest BCUT2D eigenvalue weighted by atomic mass is 9.98. The summed E-state index contributed by atoms with van der Waals surface area (Å²) in [5, 5.41) is 21.6. The van der Waals surface area contributed by atoms with Gasteiger partial charge in [0.25, 0.3) is 11.6 Å². The fraction of sp³-hybridized carbons (Fsp3) is 0.368. The maximum atomic E-state index is 13.2. The van der Waals surface area contributed by atoms with Crippen LogP contribution in [0.5, 0.6) is 0 Å². The Hall–Kier alpha value is -2.88. The Kier molecular flexibility index (Phi) is 6.71. The molecule has 0 aliphatic carbocycles. The maximum absolute atomic E-state index is 13.2. The van der Waals surface area contributed by atoms with Crippen LogP contribution in [0.3, 0.4) is 0 Å². The summed E-state index contributed by atoms with van der Waals surface area (Å²) in [7, 11) is -0.551. The quantitative estimate of drug-likeness (QED) is 0.238. The summed E-state index contributed by atoms with van der Waals surface area (Å²) < 4.78 is 18.5. The largest absolute Gasteiger partial charge is 0.477 e. The van der Waals surface area contributed by atoms with Crippen molar-refractivity contribution in [3.8, 4) is 0 Å². The van der Waals surface area contributed by atoms with Crippen molar-refractivity contribution in [2.75, 3.05) is 24.3 Å². The highest BCUT2D eigenvalue weighted by molar-refractivity contribution is 7.99. The number of carbonyl (C=O) groups is 3. The van der Waals surface area contributed by atoms with Gasteiger partial charge in [0.05, 0.1) is 34.4 Å². The van der Waals surface area contributed by atoms with E-state index in [9.17, 15) is 23.7 Å². The number of aryl methyl sites for hydroxylation is 1. The number of thioether (sulfide) groups is 1. The molecule has 2 amide bonds. The highest BCUT2D eigenvalue weighted by Gasteiger charge is 2.69. The molecule has 4 heterocycles. The number of carbonyl (C=O) groups excluding carboxylic acids is 2. The molecule has 12 nitrogen and oxygen atoms in total. The van der Waals surface area contributed by atoms with Crippen LogP contribution in [0.2, 0.25) is 0 Å². The number of hydrogen-bond acceptors (Lipinski definition) is 11. The zero-order chi connectivity index (χ0) is 24.6. The first-order valence-corrected chi connectivity index (χ1v) is 13.1. The van der Waals surface area contributed by atoms with Gasteiger partial charge in [0.2, 0.25) is 5.91 Å². The van der Waals surface area contributed by atoms with E-state index in [0.717, 1.165) is 10.6 Å². The lowest BCUT2D eigenvalue weighted by molar-refractivity contribution is -0.193. The molecule has 2 aromatic heterocycles. The Morgan fingerprint density at radius 3 is 2.79 bits per heavy atom. The second-order valence-corrected chi connectivity index (χ2v) is 10.8. The van der Waals surface area contributed by atoms with Gasteiger partial charge < -0.3 is 20.9 Å². The molecular weight excluding hydrogens is 504 g/mol. The van der Waals surface area contributed by atoms with E-state index >= 15 is 0 Å². The number of carboxylic acids is 1. The summed E-state index contributed by atoms with van der Waals surface area (Å²) in [5.41, 5.74) is 4.83. The van der Waals surface area contributed by atoms with Gasteiger partial charge in [-0.1, -0.05) is 0 Å². The van der Waals surface area contributed by atoms with Gasteiger partial charge in [-0.3, -0.25) is 18.7 Å². The summed E-state index contributed by atoms with van der Waals surface area (Å²) in [6.07, 6.45) is -0.174. The second-order valence-electron chi connectivity index (χ2n) is 7.45. The average Bonchev–Trinajstić information content (AvgIpc) is 3.20. The van der Waals surface area contributed by atoms with E-state index in [1.165, 1.54) is 30.2 Å². The Morgan fingerprint density at radius 2 is 2.21 bits per heavy atom. The highest BCUT2D eigenvalue weighted by Crippen LogP contribution is 2.42. The number of aromatic nitrogens is 3. The molecule has 15 heteroatoms. The summed E-state index contributed by atoms with van der Waals surface area (Å²) in [5.74, 6) is -2.70. The summed E-state index contributed by atoms with van der Waals surface area (Å²) >= 11 is 2.39. The Labute approximate surface area is 204 Å². The molecule has 4 rings (SSSR count). The van der Waals surface area contributed by atoms with Gasteiger partial charge in [0.1, 0.15) is 10.7 Å². The second kappa shape index (κ2) is 9.40. The predicted octanol–water partition coefficient (Wildman–Crippen LogP) is -0.113. The molecule has 0 bridgehead atoms. The standard InChI is InChI=1S/C19H20N6O6S3/c1-9-3-4-13(24-23-9)32-6-10-8-34(30)17-19(31-2,16(29)25(17)14(10)15(27)28)22-12(26)5-11-7-33-18(20)21-11/h3-4,7,17H,5-6,8H2,1-2H3,(H2,20,21)(H,22,26)(H,27,28)/t17-,19-,34?/m0/s1. The number of fused-ring (bicyclic) bond motifs is 1. The van der Waals surface area contributed by atoms with E-state index in [0.29, 0.717) is 21.4 Å². The molecule has 0 saturated carbocycles. The van der Waals surface area contributed by atoms with Crippen molar-refractivity contribution in [2.24, 2.45) is 0 Å². The molecule has 0 aromatic carbocycles. The number of nitrogens with two attached hydrogens (primary N) is 1. The minimum Gasteiger partial charge on any atom is -0.477 e. The van der Waals surface area contributed by atoms with E-state index in [1.54, 1.807) is 24.4 Å². The first-order valence-electron chi connectivity index (χ1n) is 9.81. The van der Waals surface area contributed by atoms with Crippen molar-refractivity contribution in [3.05, 3.63) is 40.2 Å². The Morgan fingerprint density at radius 1 is 1.44 bits per heavy atom. The number of anilines is 1. The van der Waals surface area contributed by atoms with Gasteiger partial charge in [-0.2, -0.15) is 5.10 Å². The van der Waals surface area contributed by atoms with Crippen LogP contribution >= 0.6 is 23.1 Å². The number of thiazole rings is 1. The molecule has 2 aliphatic rings. The molecule has 1 saturated heterocycles. The van der Waals surface area contributed by atoms with Crippen molar-refractivity contribution in [1.82, 2.24) is 25.4 Å². The predicted molar refractivity (Wildman–Crippen MR) is 124 cm³/mol. The van der Waals surface area contributed by atoms with Crippen LogP contribution in [0, 0.1) is 6.92 Å². The molecule has 0 spiro atoms. The third-order valence-electron chi connectivity index (χ3n) is 5.19. The molecule has 180 valence electrons. The zero-order valence-electron chi connectivity index (χ0n) is 18.0. The number of amides is 2. The van der Waals surface area contributed by atoms with Crippen molar-refractivity contribution >= 4 is 56.8 Å². The van der Waals surface area contributed by atoms with E-state index in [-0.39, 0.29) is 23.6 Å². The fourth-order valence-electron chi connectivity index (χ4n) is 3.68. The molecule has 1 unspecified atom stereocenters. The smallest absolute Gasteiger partial charge is 0.352 e. The van der Waals surface area contributed by atoms with Crippen molar-refractivity contribution in [3.63, 3.8) is 0 Å². The number of methoxy groups -OCH3 is 1. The zero-order valence-corrected chi connectivity index (χ0v) is 20.5. The first kappa shape index (κ1) is 24.3. The van der Waals surface area contributed by atoms with Crippen LogP contribution in [0.1, 0.15) is 11.4 Å². The third-order valence-corrected chi connectivity index (χ3v) is 8.59. The summed E-state index contributed by atoms with van der Waals surface area (Å²) in [4.78, 5) is 42.8. The minimum atomic E-state index is -1.94. The lowest BCUT2D eigenvalue weighted by Crippen LogP contribution is -2.83. The van der Waals surface area contributed by atoms with Crippen LogP contribution in [0.25, 0.3) is 0 Å². The molecule has 1 fully saturated rings. The number of rotatable bonds is 8. The molecule has 4 N–H and O–H groups in total. The van der Waals surface area contributed by atoms with Crippen molar-refractivity contribution in [2.45, 2.75) is 29.5 Å². The van der Waals surface area contributed by atoms with Gasteiger partial charge in [-0.05, 0) is 24.6 Å². The summed E-state index contributed by atoms with van der Waals surface area (Å²) in [6.45, 7) is 1.79. The average molecular weight is 525 g/mol. The van der Waals surface area contributed by atoms with Gasteiger partial charge in [-0.25, -0.2) is 9.78 Å². The SMILES string of the molecule is CO[C@@]1(NC(=O)Cc2csc(N)n2)C(=O)N2C(C(=O)O)=C(CSc3ccc(C)nn3)CS(=O)[C@H]21. The van der Waals surface area contributed by atoms with Crippen molar-refractivity contribution in [1.29, 1.82) is 0 Å². The number of ether oxygens (including phenoxy) is 1. The number of nitrogens with zero attached hydrogens (tertiary/aromatic N) is 4. The molecule has 2 aliphatic heterocycles. The van der Waals surface area contributed by atoms with E-state index in [1.807, 2.05) is 0 Å². The van der Waals surface area contributed by atoms with Crippen LogP contribution in [-0.2, 0) is 36.3 Å². The fourth-order valence-corrected chi connectivity index (χ4v) is 7.00. The molecule has 34 heavy (non-hydrogen) atoms. The molecule has 0 radical (unpaired) electrons. The van der Waals surface area contributed by atoms with Crippen molar-refractivity contribution < 1.29 is 28.4 Å². The molecular formula is C19H20N6O6S3. The van der Waals surface area contributed by atoms with E-state index in [4.69, 9.17) is 10.5 Å². The highest BCUT2D eigenvalue weighted by atomic mass is 32.2. The lowest BCUT2D eigenvalue weighted by Gasteiger charge is -2.55. The van der Waals surface area contributed by atoms with E-state index in [2.05, 4.69) is 20.5 Å². The van der Waals surface area contributed by atoms with Gasteiger partial charge >= 0.3 is 5.97 Å². The number of nitrogens with one attached hydrogen (secondary N) is 1. The monoisotopic (exact) mass is 524 g/mol. The Bertz CT molecular complexity index is 1220. The number of nitrogen functional groups attached to an aromatic ring is 1. The number of carboxylic acid groups (broad SMARTS) is 1.